The van der Waals surface area contributed by atoms with Crippen LogP contribution in [0, 0.1) is 0 Å². The molecule has 0 unspecified atom stereocenters. The lowest BCUT2D eigenvalue weighted by molar-refractivity contribution is 0.580. The molecule has 18 heavy (non-hydrogen) atoms. The molecule has 3 aromatic rings. The summed E-state index contributed by atoms with van der Waals surface area (Å²) >= 11 is 0. The SMILES string of the molecule is CC(C)n1cnc2c(-c3ccco3)nc(N)nc21. The molecule has 0 bridgehead atoms. The normalized spacial score (nSPS) is 11.5. The number of fused-ring (bicyclic) bond motifs is 1. The molecule has 0 saturated carbocycles. The number of nitrogen functional groups attached to an aromatic ring is 1. The van der Waals surface area contributed by atoms with Crippen molar-refractivity contribution in [1.29, 1.82) is 0 Å². The predicted molar refractivity (Wildman–Crippen MR) is 67.8 cm³/mol. The van der Waals surface area contributed by atoms with Gasteiger partial charge in [0.2, 0.25) is 5.95 Å². The molecule has 0 atom stereocenters. The fraction of sp³-hybridized carbons (Fsp3) is 0.250. The molecule has 0 aliphatic carbocycles. The number of rotatable bonds is 2. The van der Waals surface area contributed by atoms with Gasteiger partial charge in [-0.25, -0.2) is 9.97 Å². The first-order valence-electron chi connectivity index (χ1n) is 5.70. The Bertz CT molecular complexity index is 684. The topological polar surface area (TPSA) is 82.8 Å². The van der Waals surface area contributed by atoms with Crippen LogP contribution in [-0.2, 0) is 0 Å². The summed E-state index contributed by atoms with van der Waals surface area (Å²) in [6.45, 7) is 4.12. The minimum atomic E-state index is 0.219. The lowest BCUT2D eigenvalue weighted by Gasteiger charge is -2.07. The number of aromatic nitrogens is 4. The van der Waals surface area contributed by atoms with Gasteiger partial charge in [0.1, 0.15) is 11.2 Å². The molecule has 92 valence electrons. The average molecular weight is 243 g/mol. The van der Waals surface area contributed by atoms with E-state index in [1.54, 1.807) is 18.7 Å². The zero-order chi connectivity index (χ0) is 12.7. The Labute approximate surface area is 103 Å². The number of furan rings is 1. The maximum absolute atomic E-state index is 5.75. The van der Waals surface area contributed by atoms with Gasteiger partial charge >= 0.3 is 0 Å². The largest absolute Gasteiger partial charge is 0.463 e. The van der Waals surface area contributed by atoms with E-state index in [-0.39, 0.29) is 12.0 Å². The molecule has 2 N–H and O–H groups in total. The van der Waals surface area contributed by atoms with Gasteiger partial charge in [0.05, 0.1) is 12.6 Å². The summed E-state index contributed by atoms with van der Waals surface area (Å²) in [6, 6.07) is 3.89. The van der Waals surface area contributed by atoms with Gasteiger partial charge in [0.25, 0.3) is 0 Å². The Balaban J connectivity index is 2.33. The van der Waals surface area contributed by atoms with E-state index in [1.165, 1.54) is 0 Å². The predicted octanol–water partition coefficient (Wildman–Crippen LogP) is 2.25. The van der Waals surface area contributed by atoms with Crippen LogP contribution in [0.3, 0.4) is 0 Å². The van der Waals surface area contributed by atoms with Crippen molar-refractivity contribution in [2.75, 3.05) is 5.73 Å². The van der Waals surface area contributed by atoms with E-state index in [9.17, 15) is 0 Å². The first-order valence-corrected chi connectivity index (χ1v) is 5.70. The van der Waals surface area contributed by atoms with E-state index in [2.05, 4.69) is 28.8 Å². The molecule has 0 saturated heterocycles. The fourth-order valence-corrected chi connectivity index (χ4v) is 1.90. The van der Waals surface area contributed by atoms with E-state index in [4.69, 9.17) is 10.2 Å². The highest BCUT2D eigenvalue weighted by molar-refractivity contribution is 5.86. The van der Waals surface area contributed by atoms with Gasteiger partial charge in [-0.05, 0) is 26.0 Å². The first kappa shape index (κ1) is 10.8. The van der Waals surface area contributed by atoms with Crippen LogP contribution in [0.4, 0.5) is 5.95 Å². The second-order valence-corrected chi connectivity index (χ2v) is 4.33. The van der Waals surface area contributed by atoms with E-state index >= 15 is 0 Å². The van der Waals surface area contributed by atoms with Crippen LogP contribution < -0.4 is 5.73 Å². The number of nitrogens with zero attached hydrogens (tertiary/aromatic N) is 4. The highest BCUT2D eigenvalue weighted by Gasteiger charge is 2.16. The number of imidazole rings is 1. The molecule has 0 aliphatic heterocycles. The molecule has 6 heteroatoms. The summed E-state index contributed by atoms with van der Waals surface area (Å²) in [6.07, 6.45) is 3.34. The zero-order valence-corrected chi connectivity index (χ0v) is 10.2. The Morgan fingerprint density at radius 3 is 2.83 bits per heavy atom. The Morgan fingerprint density at radius 1 is 1.33 bits per heavy atom. The van der Waals surface area contributed by atoms with Crippen molar-refractivity contribution in [2.45, 2.75) is 19.9 Å². The highest BCUT2D eigenvalue weighted by atomic mass is 16.3. The third kappa shape index (κ3) is 1.54. The molecule has 0 fully saturated rings. The van der Waals surface area contributed by atoms with Crippen molar-refractivity contribution < 1.29 is 4.42 Å². The Morgan fingerprint density at radius 2 is 2.17 bits per heavy atom. The number of hydrogen-bond acceptors (Lipinski definition) is 5. The van der Waals surface area contributed by atoms with Crippen LogP contribution in [0.25, 0.3) is 22.6 Å². The monoisotopic (exact) mass is 243 g/mol. The summed E-state index contributed by atoms with van der Waals surface area (Å²) < 4.78 is 7.32. The smallest absolute Gasteiger partial charge is 0.222 e. The number of nitrogens with two attached hydrogens (primary N) is 1. The van der Waals surface area contributed by atoms with E-state index in [0.717, 1.165) is 5.65 Å². The van der Waals surface area contributed by atoms with Crippen LogP contribution in [0.15, 0.2) is 29.1 Å². The van der Waals surface area contributed by atoms with Crippen LogP contribution in [-0.4, -0.2) is 19.5 Å². The van der Waals surface area contributed by atoms with Gasteiger partial charge in [-0.1, -0.05) is 0 Å². The molecule has 3 rings (SSSR count). The fourth-order valence-electron chi connectivity index (χ4n) is 1.90. The van der Waals surface area contributed by atoms with Gasteiger partial charge in [0, 0.05) is 6.04 Å². The number of anilines is 1. The van der Waals surface area contributed by atoms with Gasteiger partial charge in [-0.2, -0.15) is 4.98 Å². The summed E-state index contributed by atoms with van der Waals surface area (Å²) in [5, 5.41) is 0. The quantitative estimate of drug-likeness (QED) is 0.746. The van der Waals surface area contributed by atoms with Gasteiger partial charge < -0.3 is 14.7 Å². The molecule has 3 aromatic heterocycles. The highest BCUT2D eigenvalue weighted by Crippen LogP contribution is 2.27. The van der Waals surface area contributed by atoms with Crippen LogP contribution in [0.2, 0.25) is 0 Å². The van der Waals surface area contributed by atoms with Gasteiger partial charge in [-0.3, -0.25) is 0 Å². The maximum Gasteiger partial charge on any atom is 0.222 e. The van der Waals surface area contributed by atoms with Gasteiger partial charge in [-0.15, -0.1) is 0 Å². The summed E-state index contributed by atoms with van der Waals surface area (Å²) in [4.78, 5) is 12.8. The van der Waals surface area contributed by atoms with Crippen molar-refractivity contribution in [3.63, 3.8) is 0 Å². The van der Waals surface area contributed by atoms with Crippen molar-refractivity contribution >= 4 is 17.1 Å². The molecular weight excluding hydrogens is 230 g/mol. The summed E-state index contributed by atoms with van der Waals surface area (Å²) in [7, 11) is 0. The minimum absolute atomic E-state index is 0.219. The lowest BCUT2D eigenvalue weighted by atomic mass is 10.3. The molecule has 0 spiro atoms. The van der Waals surface area contributed by atoms with Crippen LogP contribution >= 0.6 is 0 Å². The standard InChI is InChI=1S/C12H13N5O/c1-7(2)17-6-14-10-9(8-4-3-5-18-8)15-12(13)16-11(10)17/h3-7H,1-2H3,(H2,13,15,16). The maximum atomic E-state index is 5.75. The van der Waals surface area contributed by atoms with Crippen molar-refractivity contribution in [2.24, 2.45) is 0 Å². The van der Waals surface area contributed by atoms with Crippen molar-refractivity contribution in [1.82, 2.24) is 19.5 Å². The molecule has 0 aromatic carbocycles. The Kier molecular flexibility index (Phi) is 2.29. The second-order valence-electron chi connectivity index (χ2n) is 4.33. The first-order chi connectivity index (χ1) is 8.66. The van der Waals surface area contributed by atoms with E-state index < -0.39 is 0 Å². The second kappa shape index (κ2) is 3.83. The van der Waals surface area contributed by atoms with E-state index in [1.807, 2.05) is 10.6 Å². The minimum Gasteiger partial charge on any atom is -0.463 e. The summed E-state index contributed by atoms with van der Waals surface area (Å²) in [5.74, 6) is 0.861. The van der Waals surface area contributed by atoms with Gasteiger partial charge in [0.15, 0.2) is 11.4 Å². The summed E-state index contributed by atoms with van der Waals surface area (Å²) in [5.41, 5.74) is 7.81. The van der Waals surface area contributed by atoms with Crippen molar-refractivity contribution in [3.8, 4) is 11.5 Å². The molecule has 0 aliphatic rings. The average Bonchev–Trinajstić information content (AvgIpc) is 2.96. The molecule has 3 heterocycles. The third-order valence-corrected chi connectivity index (χ3v) is 2.75. The van der Waals surface area contributed by atoms with Crippen LogP contribution in [0.1, 0.15) is 19.9 Å². The lowest BCUT2D eigenvalue weighted by Crippen LogP contribution is -2.03. The molecule has 6 nitrogen and oxygen atoms in total. The van der Waals surface area contributed by atoms with E-state index in [0.29, 0.717) is 17.0 Å². The third-order valence-electron chi connectivity index (χ3n) is 2.75. The zero-order valence-electron chi connectivity index (χ0n) is 10.2. The Hall–Kier alpha value is -2.37. The van der Waals surface area contributed by atoms with Crippen molar-refractivity contribution in [3.05, 3.63) is 24.7 Å². The molecule has 0 amide bonds. The van der Waals surface area contributed by atoms with Crippen LogP contribution in [0.5, 0.6) is 0 Å². The molecule has 0 radical (unpaired) electrons. The molecular formula is C12H13N5O. The number of hydrogen-bond donors (Lipinski definition) is 1.